The van der Waals surface area contributed by atoms with E-state index in [1.165, 1.54) is 0 Å². The van der Waals surface area contributed by atoms with Gasteiger partial charge in [-0.3, -0.25) is 4.79 Å². The highest BCUT2D eigenvalue weighted by Gasteiger charge is 2.56. The minimum atomic E-state index is -0.387. The van der Waals surface area contributed by atoms with E-state index in [1.54, 1.807) is 13.2 Å². The molecule has 1 heterocycles. The molecule has 0 unspecified atom stereocenters. The Labute approximate surface area is 148 Å². The maximum atomic E-state index is 12.9. The van der Waals surface area contributed by atoms with Gasteiger partial charge in [-0.15, -0.1) is 0 Å². The number of likely N-dealkylation sites (tertiary alicyclic amines) is 1. The van der Waals surface area contributed by atoms with Gasteiger partial charge in [0.15, 0.2) is 0 Å². The van der Waals surface area contributed by atoms with Gasteiger partial charge < -0.3 is 24.6 Å². The van der Waals surface area contributed by atoms with Crippen molar-refractivity contribution in [3.05, 3.63) is 29.3 Å². The molecule has 1 spiro atoms. The molecule has 1 amide bonds. The lowest BCUT2D eigenvalue weighted by Gasteiger charge is -2.56. The van der Waals surface area contributed by atoms with E-state index in [4.69, 9.17) is 14.6 Å². The van der Waals surface area contributed by atoms with Crippen molar-refractivity contribution < 1.29 is 24.5 Å². The van der Waals surface area contributed by atoms with Gasteiger partial charge in [-0.05, 0) is 31.4 Å². The fraction of sp³-hybridized carbons (Fsp3) is 0.632. The normalized spacial score (nSPS) is 24.9. The lowest BCUT2D eigenvalue weighted by Crippen LogP contribution is -2.62. The smallest absolute Gasteiger partial charge is 0.257 e. The molecule has 2 N–H and O–H groups in total. The largest absolute Gasteiger partial charge is 0.496 e. The summed E-state index contributed by atoms with van der Waals surface area (Å²) in [6, 6.07) is 5.59. The van der Waals surface area contributed by atoms with Crippen LogP contribution in [0.2, 0.25) is 0 Å². The number of carbonyl (C=O) groups is 1. The number of amides is 1. The number of hydrogen-bond donors (Lipinski definition) is 2. The molecule has 0 aromatic heterocycles. The number of methoxy groups -OCH3 is 1. The van der Waals surface area contributed by atoms with Gasteiger partial charge in [-0.1, -0.05) is 12.1 Å². The van der Waals surface area contributed by atoms with E-state index in [0.717, 1.165) is 5.56 Å². The van der Waals surface area contributed by atoms with E-state index in [1.807, 2.05) is 24.0 Å². The van der Waals surface area contributed by atoms with E-state index in [2.05, 4.69) is 0 Å². The summed E-state index contributed by atoms with van der Waals surface area (Å²) in [6.07, 6.45) is 1.62. The predicted molar refractivity (Wildman–Crippen MR) is 92.8 cm³/mol. The van der Waals surface area contributed by atoms with Crippen LogP contribution in [0.4, 0.5) is 0 Å². The third-order valence-electron chi connectivity index (χ3n) is 5.78. The van der Waals surface area contributed by atoms with Crippen molar-refractivity contribution in [1.82, 2.24) is 4.90 Å². The highest BCUT2D eigenvalue weighted by Crippen LogP contribution is 2.51. The summed E-state index contributed by atoms with van der Waals surface area (Å²) in [6.45, 7) is 3.38. The minimum Gasteiger partial charge on any atom is -0.496 e. The van der Waals surface area contributed by atoms with Crippen molar-refractivity contribution in [2.75, 3.05) is 33.4 Å². The summed E-state index contributed by atoms with van der Waals surface area (Å²) in [7, 11) is 1.58. The zero-order valence-electron chi connectivity index (χ0n) is 14.9. The van der Waals surface area contributed by atoms with Crippen LogP contribution in [-0.2, 0) is 4.74 Å². The molecule has 1 saturated heterocycles. The quantitative estimate of drug-likeness (QED) is 0.839. The fourth-order valence-corrected chi connectivity index (χ4v) is 4.20. The van der Waals surface area contributed by atoms with Gasteiger partial charge >= 0.3 is 0 Å². The maximum Gasteiger partial charge on any atom is 0.257 e. The van der Waals surface area contributed by atoms with Crippen LogP contribution in [0.3, 0.4) is 0 Å². The highest BCUT2D eigenvalue weighted by atomic mass is 16.5. The van der Waals surface area contributed by atoms with E-state index in [0.29, 0.717) is 50.3 Å². The van der Waals surface area contributed by atoms with Crippen molar-refractivity contribution >= 4 is 5.91 Å². The number of hydrogen-bond acceptors (Lipinski definition) is 5. The third kappa shape index (κ3) is 3.14. The molecule has 1 aromatic carbocycles. The second-order valence-electron chi connectivity index (χ2n) is 7.02. The Bertz CT molecular complexity index is 624. The van der Waals surface area contributed by atoms with Crippen LogP contribution in [0.25, 0.3) is 0 Å². The molecule has 1 aliphatic heterocycles. The Hall–Kier alpha value is -1.63. The Morgan fingerprint density at radius 3 is 2.68 bits per heavy atom. The number of ether oxygens (including phenoxy) is 2. The third-order valence-corrected chi connectivity index (χ3v) is 5.78. The Morgan fingerprint density at radius 1 is 1.36 bits per heavy atom. The first kappa shape index (κ1) is 18.2. The van der Waals surface area contributed by atoms with Crippen LogP contribution in [0, 0.1) is 12.3 Å². The maximum absolute atomic E-state index is 12.9. The van der Waals surface area contributed by atoms with Gasteiger partial charge in [-0.2, -0.15) is 0 Å². The lowest BCUT2D eigenvalue weighted by atomic mass is 9.58. The molecule has 1 aliphatic carbocycles. The highest BCUT2D eigenvalue weighted by molar-refractivity contribution is 5.97. The number of para-hydroxylation sites is 1. The molecule has 2 fully saturated rings. The van der Waals surface area contributed by atoms with Gasteiger partial charge in [0.05, 0.1) is 38.1 Å². The van der Waals surface area contributed by atoms with Gasteiger partial charge in [0.2, 0.25) is 0 Å². The summed E-state index contributed by atoms with van der Waals surface area (Å²) >= 11 is 0. The number of aliphatic hydroxyl groups excluding tert-OH is 2. The van der Waals surface area contributed by atoms with E-state index in [-0.39, 0.29) is 30.1 Å². The average Bonchev–Trinajstić information content (AvgIpc) is 2.64. The summed E-state index contributed by atoms with van der Waals surface area (Å²) in [4.78, 5) is 14.7. The Balaban J connectivity index is 1.68. The van der Waals surface area contributed by atoms with Crippen LogP contribution < -0.4 is 4.74 Å². The molecule has 1 aromatic rings. The molecule has 25 heavy (non-hydrogen) atoms. The van der Waals surface area contributed by atoms with Crippen LogP contribution in [0.15, 0.2) is 18.2 Å². The number of rotatable bonds is 5. The van der Waals surface area contributed by atoms with Crippen molar-refractivity contribution in [1.29, 1.82) is 0 Å². The van der Waals surface area contributed by atoms with Gasteiger partial charge in [0, 0.05) is 24.9 Å². The monoisotopic (exact) mass is 349 g/mol. The summed E-state index contributed by atoms with van der Waals surface area (Å²) in [5, 5.41) is 19.2. The van der Waals surface area contributed by atoms with Crippen LogP contribution in [0.1, 0.15) is 35.2 Å². The molecule has 6 nitrogen and oxygen atoms in total. The summed E-state index contributed by atoms with van der Waals surface area (Å²) in [5.41, 5.74) is 1.25. The number of carbonyl (C=O) groups excluding carboxylic acids is 1. The van der Waals surface area contributed by atoms with E-state index >= 15 is 0 Å². The van der Waals surface area contributed by atoms with Crippen LogP contribution in [-0.4, -0.2) is 66.6 Å². The topological polar surface area (TPSA) is 79.2 Å². The average molecular weight is 349 g/mol. The molecule has 6 heteroatoms. The zero-order valence-corrected chi connectivity index (χ0v) is 14.9. The van der Waals surface area contributed by atoms with Gasteiger partial charge in [0.25, 0.3) is 5.91 Å². The zero-order chi connectivity index (χ0) is 18.0. The molecule has 3 rings (SSSR count). The number of aliphatic hydroxyl groups is 2. The molecular weight excluding hydrogens is 322 g/mol. The molecular formula is C19H27NO5. The fourth-order valence-electron chi connectivity index (χ4n) is 4.20. The summed E-state index contributed by atoms with van der Waals surface area (Å²) < 4.78 is 11.1. The Morgan fingerprint density at radius 2 is 2.08 bits per heavy atom. The van der Waals surface area contributed by atoms with Crippen molar-refractivity contribution in [2.24, 2.45) is 5.41 Å². The molecule has 138 valence electrons. The minimum absolute atomic E-state index is 0.0135. The predicted octanol–water partition coefficient (Wildman–Crippen LogP) is 1.37. The summed E-state index contributed by atoms with van der Waals surface area (Å²) in [5.74, 6) is 0.595. The number of aryl methyl sites for hydroxylation is 1. The van der Waals surface area contributed by atoms with Crippen molar-refractivity contribution in [2.45, 2.75) is 38.4 Å². The van der Waals surface area contributed by atoms with E-state index < -0.39 is 0 Å². The molecule has 0 radical (unpaired) electrons. The lowest BCUT2D eigenvalue weighted by molar-refractivity contribution is -0.211. The van der Waals surface area contributed by atoms with Crippen molar-refractivity contribution in [3.8, 4) is 5.75 Å². The Kier molecular flexibility index (Phi) is 5.32. The standard InChI is InChI=1S/C19H27NO5/c1-13-4-3-5-14(17(13)24-2)18(23)20-8-6-19(7-9-20)15(22)12-16(19)25-11-10-21/h3-5,15-16,21-22H,6-12H2,1-2H3/t15-,16+/m0/s1. The van der Waals surface area contributed by atoms with Crippen molar-refractivity contribution in [3.63, 3.8) is 0 Å². The van der Waals surface area contributed by atoms with Gasteiger partial charge in [0.1, 0.15) is 5.75 Å². The number of piperidine rings is 1. The van der Waals surface area contributed by atoms with Crippen LogP contribution in [0.5, 0.6) is 5.75 Å². The SMILES string of the molecule is COc1c(C)cccc1C(=O)N1CCC2(CC1)[C@@H](O)C[C@H]2OCCO. The molecule has 2 aliphatic rings. The second kappa shape index (κ2) is 7.32. The second-order valence-corrected chi connectivity index (χ2v) is 7.02. The van der Waals surface area contributed by atoms with Gasteiger partial charge in [-0.25, -0.2) is 0 Å². The first-order chi connectivity index (χ1) is 12.0. The first-order valence-electron chi connectivity index (χ1n) is 8.87. The number of benzene rings is 1. The molecule has 1 saturated carbocycles. The van der Waals surface area contributed by atoms with Crippen LogP contribution >= 0.6 is 0 Å². The first-order valence-corrected chi connectivity index (χ1v) is 8.87. The number of nitrogens with zero attached hydrogens (tertiary/aromatic N) is 1. The molecule has 0 bridgehead atoms. The molecule has 2 atom stereocenters. The van der Waals surface area contributed by atoms with E-state index in [9.17, 15) is 9.90 Å².